The number of amides is 1. The van der Waals surface area contributed by atoms with Crippen molar-refractivity contribution in [1.82, 2.24) is 15.3 Å². The zero-order valence-electron chi connectivity index (χ0n) is 12.5. The van der Waals surface area contributed by atoms with Crippen molar-refractivity contribution < 1.29 is 4.79 Å². The van der Waals surface area contributed by atoms with Crippen molar-refractivity contribution in [1.29, 1.82) is 0 Å². The van der Waals surface area contributed by atoms with Gasteiger partial charge in [-0.2, -0.15) is 0 Å². The summed E-state index contributed by atoms with van der Waals surface area (Å²) < 4.78 is 0. The molecule has 4 nitrogen and oxygen atoms in total. The smallest absolute Gasteiger partial charge is 0.220 e. The number of nitrogens with one attached hydrogen (secondary N) is 1. The third-order valence-corrected chi connectivity index (χ3v) is 4.03. The Kier molecular flexibility index (Phi) is 5.87. The Bertz CT molecular complexity index is 566. The van der Waals surface area contributed by atoms with Crippen LogP contribution in [0.2, 0.25) is 0 Å². The number of aromatic nitrogens is 2. The van der Waals surface area contributed by atoms with Gasteiger partial charge in [0.2, 0.25) is 5.91 Å². The number of hydrogen-bond acceptors (Lipinski definition) is 4. The molecule has 1 N–H and O–H groups in total. The third-order valence-electron chi connectivity index (χ3n) is 3.12. The molecule has 0 atom stereocenters. The average Bonchev–Trinajstić information content (AvgIpc) is 2.94. The largest absolute Gasteiger partial charge is 0.356 e. The molecule has 2 aromatic rings. The molecule has 0 saturated heterocycles. The molecule has 0 aliphatic heterocycles. The Hall–Kier alpha value is -1.75. The van der Waals surface area contributed by atoms with Crippen molar-refractivity contribution in [2.24, 2.45) is 5.92 Å². The van der Waals surface area contributed by atoms with Crippen LogP contribution in [0.4, 0.5) is 0 Å². The molecule has 0 unspecified atom stereocenters. The van der Waals surface area contributed by atoms with E-state index >= 15 is 0 Å². The molecule has 0 spiro atoms. The predicted molar refractivity (Wildman–Crippen MR) is 86.1 cm³/mol. The quantitative estimate of drug-likeness (QED) is 0.854. The normalized spacial score (nSPS) is 10.8. The number of thiazole rings is 1. The minimum Gasteiger partial charge on any atom is -0.356 e. The lowest BCUT2D eigenvalue weighted by Gasteiger charge is -2.06. The van der Waals surface area contributed by atoms with Gasteiger partial charge in [-0.3, -0.25) is 9.78 Å². The molecule has 112 valence electrons. The SMILES string of the molecule is CC(C)CCNC(=O)CCc1nc(-c2cccnc2)cs1. The Balaban J connectivity index is 1.79. The van der Waals surface area contributed by atoms with Gasteiger partial charge in [0.05, 0.1) is 10.7 Å². The number of pyridine rings is 1. The van der Waals surface area contributed by atoms with Crippen molar-refractivity contribution in [3.05, 3.63) is 34.9 Å². The molecular weight excluding hydrogens is 282 g/mol. The maximum atomic E-state index is 11.7. The first-order valence-electron chi connectivity index (χ1n) is 7.26. The van der Waals surface area contributed by atoms with Crippen LogP contribution in [0.1, 0.15) is 31.7 Å². The Morgan fingerprint density at radius 1 is 1.43 bits per heavy atom. The van der Waals surface area contributed by atoms with Crippen LogP contribution in [0, 0.1) is 5.92 Å². The number of rotatable bonds is 7. The van der Waals surface area contributed by atoms with Crippen LogP contribution in [0.3, 0.4) is 0 Å². The third kappa shape index (κ3) is 5.27. The van der Waals surface area contributed by atoms with Crippen LogP contribution in [-0.2, 0) is 11.2 Å². The fraction of sp³-hybridized carbons (Fsp3) is 0.438. The number of hydrogen-bond donors (Lipinski definition) is 1. The van der Waals surface area contributed by atoms with Gasteiger partial charge in [0.1, 0.15) is 0 Å². The zero-order chi connectivity index (χ0) is 15.1. The van der Waals surface area contributed by atoms with Crippen LogP contribution in [-0.4, -0.2) is 22.4 Å². The lowest BCUT2D eigenvalue weighted by Crippen LogP contribution is -2.25. The van der Waals surface area contributed by atoms with Crippen LogP contribution >= 0.6 is 11.3 Å². The molecule has 0 radical (unpaired) electrons. The van der Waals surface area contributed by atoms with E-state index in [0.29, 0.717) is 18.8 Å². The van der Waals surface area contributed by atoms with Gasteiger partial charge in [-0.25, -0.2) is 4.98 Å². The summed E-state index contributed by atoms with van der Waals surface area (Å²) in [6.07, 6.45) is 5.76. The van der Waals surface area contributed by atoms with Crippen LogP contribution in [0.5, 0.6) is 0 Å². The Morgan fingerprint density at radius 2 is 2.29 bits per heavy atom. The fourth-order valence-corrected chi connectivity index (χ4v) is 2.69. The maximum absolute atomic E-state index is 11.7. The first-order valence-corrected chi connectivity index (χ1v) is 8.14. The second kappa shape index (κ2) is 7.88. The number of aryl methyl sites for hydroxylation is 1. The topological polar surface area (TPSA) is 54.9 Å². The van der Waals surface area contributed by atoms with Crippen LogP contribution < -0.4 is 5.32 Å². The van der Waals surface area contributed by atoms with Gasteiger partial charge in [0.25, 0.3) is 0 Å². The summed E-state index contributed by atoms with van der Waals surface area (Å²) in [7, 11) is 0. The second-order valence-electron chi connectivity index (χ2n) is 5.40. The molecule has 0 aliphatic rings. The molecule has 2 heterocycles. The van der Waals surface area contributed by atoms with Crippen molar-refractivity contribution in [3.8, 4) is 11.3 Å². The molecule has 21 heavy (non-hydrogen) atoms. The van der Waals surface area contributed by atoms with Gasteiger partial charge < -0.3 is 5.32 Å². The van der Waals surface area contributed by atoms with Crippen LogP contribution in [0.25, 0.3) is 11.3 Å². The summed E-state index contributed by atoms with van der Waals surface area (Å²) >= 11 is 1.60. The highest BCUT2D eigenvalue weighted by atomic mass is 32.1. The predicted octanol–water partition coefficient (Wildman–Crippen LogP) is 3.30. The molecule has 5 heteroatoms. The summed E-state index contributed by atoms with van der Waals surface area (Å²) in [4.78, 5) is 20.4. The van der Waals surface area contributed by atoms with Crippen molar-refractivity contribution in [2.75, 3.05) is 6.54 Å². The fourth-order valence-electron chi connectivity index (χ4n) is 1.88. The Morgan fingerprint density at radius 3 is 3.00 bits per heavy atom. The monoisotopic (exact) mass is 303 g/mol. The molecule has 0 bridgehead atoms. The van der Waals surface area contributed by atoms with Gasteiger partial charge in [-0.05, 0) is 24.5 Å². The average molecular weight is 303 g/mol. The molecule has 0 aliphatic carbocycles. The van der Waals surface area contributed by atoms with Crippen molar-refractivity contribution >= 4 is 17.2 Å². The van der Waals surface area contributed by atoms with Crippen molar-refractivity contribution in [3.63, 3.8) is 0 Å². The van der Waals surface area contributed by atoms with E-state index in [9.17, 15) is 4.79 Å². The van der Waals surface area contributed by atoms with E-state index in [1.54, 1.807) is 23.7 Å². The van der Waals surface area contributed by atoms with Gasteiger partial charge >= 0.3 is 0 Å². The molecule has 2 rings (SSSR count). The highest BCUT2D eigenvalue weighted by Crippen LogP contribution is 2.21. The van der Waals surface area contributed by atoms with E-state index in [1.165, 1.54) is 0 Å². The zero-order valence-corrected chi connectivity index (χ0v) is 13.3. The summed E-state index contributed by atoms with van der Waals surface area (Å²) in [5, 5.41) is 5.96. The Labute approximate surface area is 129 Å². The number of carbonyl (C=O) groups excluding carboxylic acids is 1. The summed E-state index contributed by atoms with van der Waals surface area (Å²) in [5.74, 6) is 0.722. The maximum Gasteiger partial charge on any atom is 0.220 e. The molecule has 1 amide bonds. The van der Waals surface area contributed by atoms with Crippen LogP contribution in [0.15, 0.2) is 29.9 Å². The van der Waals surface area contributed by atoms with Gasteiger partial charge in [-0.1, -0.05) is 13.8 Å². The first-order chi connectivity index (χ1) is 10.1. The molecule has 0 saturated carbocycles. The lowest BCUT2D eigenvalue weighted by atomic mass is 10.1. The minimum absolute atomic E-state index is 0.105. The van der Waals surface area contributed by atoms with E-state index in [4.69, 9.17) is 0 Å². The van der Waals surface area contributed by atoms with E-state index < -0.39 is 0 Å². The molecule has 2 aromatic heterocycles. The van der Waals surface area contributed by atoms with E-state index in [2.05, 4.69) is 29.1 Å². The minimum atomic E-state index is 0.105. The molecular formula is C16H21N3OS. The number of carbonyl (C=O) groups is 1. The summed E-state index contributed by atoms with van der Waals surface area (Å²) in [6.45, 7) is 5.07. The van der Waals surface area contributed by atoms with Gasteiger partial charge in [-0.15, -0.1) is 11.3 Å². The highest BCUT2D eigenvalue weighted by molar-refractivity contribution is 7.09. The number of nitrogens with zero attached hydrogens (tertiary/aromatic N) is 2. The summed E-state index contributed by atoms with van der Waals surface area (Å²) in [6, 6.07) is 3.89. The van der Waals surface area contributed by atoms with Gasteiger partial charge in [0, 0.05) is 42.7 Å². The molecule has 0 fully saturated rings. The highest BCUT2D eigenvalue weighted by Gasteiger charge is 2.07. The van der Waals surface area contributed by atoms with Gasteiger partial charge in [0.15, 0.2) is 0 Å². The van der Waals surface area contributed by atoms with Crippen molar-refractivity contribution in [2.45, 2.75) is 33.1 Å². The first kappa shape index (κ1) is 15.6. The van der Waals surface area contributed by atoms with E-state index in [-0.39, 0.29) is 5.91 Å². The van der Waals surface area contributed by atoms with E-state index in [1.807, 2.05) is 17.5 Å². The second-order valence-corrected chi connectivity index (χ2v) is 6.34. The lowest BCUT2D eigenvalue weighted by molar-refractivity contribution is -0.121. The van der Waals surface area contributed by atoms with E-state index in [0.717, 1.165) is 29.2 Å². The molecule has 0 aromatic carbocycles. The standard InChI is InChI=1S/C16H21N3OS/c1-12(2)7-9-18-15(20)5-6-16-19-14(11-21-16)13-4-3-8-17-10-13/h3-4,8,10-12H,5-7,9H2,1-2H3,(H,18,20). The summed E-state index contributed by atoms with van der Waals surface area (Å²) in [5.41, 5.74) is 1.95.